The Hall–Kier alpha value is -0.270. The number of halogens is 1. The summed E-state index contributed by atoms with van der Waals surface area (Å²) in [6.45, 7) is 2.08. The largest absolute Gasteiger partial charge is 0.381 e. The summed E-state index contributed by atoms with van der Waals surface area (Å²) in [5.74, 6) is 0.709. The Morgan fingerprint density at radius 2 is 2.00 bits per heavy atom. The van der Waals surface area contributed by atoms with Crippen LogP contribution >= 0.6 is 23.4 Å². The highest BCUT2D eigenvalue weighted by atomic mass is 35.5. The molecule has 0 spiro atoms. The summed E-state index contributed by atoms with van der Waals surface area (Å²) in [6, 6.07) is 7.01. The van der Waals surface area contributed by atoms with E-state index >= 15 is 0 Å². The quantitative estimate of drug-likeness (QED) is 0.769. The second kappa shape index (κ2) is 8.39. The maximum absolute atomic E-state index is 12.0. The Kier molecular flexibility index (Phi) is 6.82. The molecule has 0 bridgehead atoms. The van der Waals surface area contributed by atoms with Gasteiger partial charge < -0.3 is 4.74 Å². The predicted molar refractivity (Wildman–Crippen MR) is 88.4 cm³/mol. The van der Waals surface area contributed by atoms with Crippen molar-refractivity contribution in [2.24, 2.45) is 0 Å². The Morgan fingerprint density at radius 1 is 1.29 bits per heavy atom. The van der Waals surface area contributed by atoms with E-state index in [0.717, 1.165) is 31.8 Å². The van der Waals surface area contributed by atoms with Crippen molar-refractivity contribution in [3.8, 4) is 0 Å². The molecule has 0 aromatic heterocycles. The lowest BCUT2D eigenvalue weighted by molar-refractivity contribution is 0.100. The van der Waals surface area contributed by atoms with E-state index in [2.05, 4.69) is 4.72 Å². The molecule has 118 valence electrons. The average molecular weight is 350 g/mol. The van der Waals surface area contributed by atoms with Gasteiger partial charge in [0.2, 0.25) is 10.0 Å². The number of ether oxygens (including phenoxy) is 1. The average Bonchev–Trinajstić information content (AvgIpc) is 2.47. The lowest BCUT2D eigenvalue weighted by Crippen LogP contribution is -2.28. The van der Waals surface area contributed by atoms with E-state index in [-0.39, 0.29) is 5.75 Å². The first-order valence-corrected chi connectivity index (χ1v) is 10.0. The third-order valence-corrected chi connectivity index (χ3v) is 6.34. The van der Waals surface area contributed by atoms with Crippen molar-refractivity contribution in [1.82, 2.24) is 4.72 Å². The zero-order valence-corrected chi connectivity index (χ0v) is 14.1. The SMILES string of the molecule is O=S(=O)(Cc1ccccc1Cl)NCCSC1CCOCC1. The standard InChI is InChI=1S/C14H20ClNO3S2/c15-14-4-2-1-3-12(14)11-21(17,18)16-7-10-20-13-5-8-19-9-6-13/h1-4,13,16H,5-11H2. The van der Waals surface area contributed by atoms with Gasteiger partial charge in [0.05, 0.1) is 5.75 Å². The smallest absolute Gasteiger partial charge is 0.215 e. The number of hydrogen-bond donors (Lipinski definition) is 1. The minimum absolute atomic E-state index is 0.0748. The first-order chi connectivity index (χ1) is 10.1. The molecule has 1 aromatic rings. The van der Waals surface area contributed by atoms with Crippen LogP contribution in [0.5, 0.6) is 0 Å². The maximum atomic E-state index is 12.0. The van der Waals surface area contributed by atoms with Crippen LogP contribution < -0.4 is 4.72 Å². The summed E-state index contributed by atoms with van der Waals surface area (Å²) < 4.78 is 31.9. The third-order valence-electron chi connectivity index (χ3n) is 3.25. The second-order valence-corrected chi connectivity index (χ2v) is 8.55. The van der Waals surface area contributed by atoms with E-state index in [0.29, 0.717) is 22.4 Å². The molecule has 0 atom stereocenters. The van der Waals surface area contributed by atoms with Crippen LogP contribution in [0.15, 0.2) is 24.3 Å². The highest BCUT2D eigenvalue weighted by molar-refractivity contribution is 8.00. The number of benzene rings is 1. The van der Waals surface area contributed by atoms with Crippen molar-refractivity contribution in [2.75, 3.05) is 25.5 Å². The summed E-state index contributed by atoms with van der Waals surface area (Å²) in [5.41, 5.74) is 0.628. The van der Waals surface area contributed by atoms with Gasteiger partial charge in [-0.25, -0.2) is 13.1 Å². The fourth-order valence-corrected chi connectivity index (χ4v) is 4.80. The van der Waals surface area contributed by atoms with Crippen LogP contribution in [0.25, 0.3) is 0 Å². The van der Waals surface area contributed by atoms with Crippen molar-refractivity contribution in [3.63, 3.8) is 0 Å². The molecule has 7 heteroatoms. The van der Waals surface area contributed by atoms with E-state index in [4.69, 9.17) is 16.3 Å². The fourth-order valence-electron chi connectivity index (χ4n) is 2.14. The Labute approximate surface area is 135 Å². The molecule has 21 heavy (non-hydrogen) atoms. The summed E-state index contributed by atoms with van der Waals surface area (Å²) in [7, 11) is -3.33. The molecule has 1 aromatic carbocycles. The zero-order valence-electron chi connectivity index (χ0n) is 11.8. The first kappa shape index (κ1) is 17.1. The molecule has 1 aliphatic rings. The van der Waals surface area contributed by atoms with Gasteiger partial charge in [-0.3, -0.25) is 0 Å². The van der Waals surface area contributed by atoms with Gasteiger partial charge in [0.25, 0.3) is 0 Å². The topological polar surface area (TPSA) is 55.4 Å². The monoisotopic (exact) mass is 349 g/mol. The molecule has 4 nitrogen and oxygen atoms in total. The molecule has 1 heterocycles. The van der Waals surface area contributed by atoms with Crippen molar-refractivity contribution in [2.45, 2.75) is 23.8 Å². The molecule has 0 amide bonds. The summed E-state index contributed by atoms with van der Waals surface area (Å²) in [6.07, 6.45) is 2.11. The molecule has 1 fully saturated rings. The van der Waals surface area contributed by atoms with Crippen LogP contribution in [-0.4, -0.2) is 39.2 Å². The van der Waals surface area contributed by atoms with Gasteiger partial charge in [0, 0.05) is 35.8 Å². The van der Waals surface area contributed by atoms with Gasteiger partial charge in [-0.1, -0.05) is 29.8 Å². The van der Waals surface area contributed by atoms with Crippen LogP contribution in [0.3, 0.4) is 0 Å². The van der Waals surface area contributed by atoms with Gasteiger partial charge >= 0.3 is 0 Å². The zero-order chi connectivity index (χ0) is 15.1. The van der Waals surface area contributed by atoms with E-state index in [1.54, 1.807) is 24.3 Å². The van der Waals surface area contributed by atoms with Crippen molar-refractivity contribution < 1.29 is 13.2 Å². The van der Waals surface area contributed by atoms with Crippen LogP contribution in [0, 0.1) is 0 Å². The normalized spacial score (nSPS) is 17.0. The van der Waals surface area contributed by atoms with Crippen LogP contribution in [0.2, 0.25) is 5.02 Å². The predicted octanol–water partition coefficient (Wildman–Crippen LogP) is 2.67. The number of sulfonamides is 1. The summed E-state index contributed by atoms with van der Waals surface area (Å²) in [4.78, 5) is 0. The Morgan fingerprint density at radius 3 is 2.71 bits per heavy atom. The van der Waals surface area contributed by atoms with E-state index in [1.807, 2.05) is 11.8 Å². The molecule has 2 rings (SSSR count). The molecular formula is C14H20ClNO3S2. The van der Waals surface area contributed by atoms with Crippen LogP contribution in [0.1, 0.15) is 18.4 Å². The molecule has 0 unspecified atom stereocenters. The highest BCUT2D eigenvalue weighted by Crippen LogP contribution is 2.21. The molecule has 1 saturated heterocycles. The highest BCUT2D eigenvalue weighted by Gasteiger charge is 2.16. The van der Waals surface area contributed by atoms with Gasteiger partial charge in [-0.15, -0.1) is 0 Å². The van der Waals surface area contributed by atoms with Crippen molar-refractivity contribution >= 4 is 33.4 Å². The first-order valence-electron chi connectivity index (χ1n) is 6.97. The lowest BCUT2D eigenvalue weighted by atomic mass is 10.2. The molecular weight excluding hydrogens is 330 g/mol. The van der Waals surface area contributed by atoms with Gasteiger partial charge in [-0.2, -0.15) is 11.8 Å². The molecule has 1 N–H and O–H groups in total. The maximum Gasteiger partial charge on any atom is 0.215 e. The van der Waals surface area contributed by atoms with Crippen molar-refractivity contribution in [3.05, 3.63) is 34.9 Å². The van der Waals surface area contributed by atoms with Gasteiger partial charge in [0.15, 0.2) is 0 Å². The minimum Gasteiger partial charge on any atom is -0.381 e. The van der Waals surface area contributed by atoms with Gasteiger partial charge in [0.1, 0.15) is 0 Å². The van der Waals surface area contributed by atoms with Crippen molar-refractivity contribution in [1.29, 1.82) is 0 Å². The lowest BCUT2D eigenvalue weighted by Gasteiger charge is -2.21. The number of nitrogens with one attached hydrogen (secondary N) is 1. The molecule has 0 saturated carbocycles. The Bertz CT molecular complexity index is 545. The number of thioether (sulfide) groups is 1. The molecule has 1 aliphatic heterocycles. The molecule has 0 radical (unpaired) electrons. The van der Waals surface area contributed by atoms with Crippen LogP contribution in [-0.2, 0) is 20.5 Å². The van der Waals surface area contributed by atoms with E-state index in [9.17, 15) is 8.42 Å². The van der Waals surface area contributed by atoms with E-state index < -0.39 is 10.0 Å². The van der Waals surface area contributed by atoms with E-state index in [1.165, 1.54) is 0 Å². The number of hydrogen-bond acceptors (Lipinski definition) is 4. The summed E-state index contributed by atoms with van der Waals surface area (Å²) >= 11 is 7.80. The molecule has 0 aliphatic carbocycles. The minimum atomic E-state index is -3.33. The van der Waals surface area contributed by atoms with Crippen LogP contribution in [0.4, 0.5) is 0 Å². The Balaban J connectivity index is 1.72. The van der Waals surface area contributed by atoms with Gasteiger partial charge in [-0.05, 0) is 24.5 Å². The number of rotatable bonds is 7. The second-order valence-electron chi connectivity index (χ2n) is 4.93. The summed E-state index contributed by atoms with van der Waals surface area (Å²) in [5, 5.41) is 1.08. The fraction of sp³-hybridized carbons (Fsp3) is 0.571. The third kappa shape index (κ3) is 6.16.